The number of rotatable bonds is 7. The van der Waals surface area contributed by atoms with Crippen molar-refractivity contribution in [3.05, 3.63) is 35.5 Å². The third-order valence-corrected chi connectivity index (χ3v) is 3.99. The molecule has 0 bridgehead atoms. The van der Waals surface area contributed by atoms with Crippen LogP contribution < -0.4 is 4.74 Å². The Morgan fingerprint density at radius 3 is 2.83 bits per heavy atom. The Hall–Kier alpha value is -1.40. The van der Waals surface area contributed by atoms with Gasteiger partial charge >= 0.3 is 0 Å². The molecular weight excluding hydrogens is 316 g/mol. The van der Waals surface area contributed by atoms with Crippen LogP contribution in [0.25, 0.3) is 10.9 Å². The highest BCUT2D eigenvalue weighted by molar-refractivity contribution is 6.29. The summed E-state index contributed by atoms with van der Waals surface area (Å²) < 4.78 is 16.7. The molecule has 1 aliphatic heterocycles. The fourth-order valence-corrected chi connectivity index (χ4v) is 2.66. The second kappa shape index (κ2) is 8.45. The van der Waals surface area contributed by atoms with Crippen molar-refractivity contribution in [3.63, 3.8) is 0 Å². The number of ether oxygens (including phenoxy) is 3. The molecule has 0 saturated carbocycles. The number of aromatic nitrogens is 1. The standard InChI is InChI=1S/C17H21ClN2O3/c18-17-4-1-14-13-15(2-3-16(14)19-17)23-12-11-22-10-7-20-5-8-21-9-6-20/h1-4,13H,5-12H2. The van der Waals surface area contributed by atoms with Crippen LogP contribution in [0.4, 0.5) is 0 Å². The zero-order valence-corrected chi connectivity index (χ0v) is 13.8. The molecule has 1 aromatic carbocycles. The average Bonchev–Trinajstić information content (AvgIpc) is 2.59. The first-order valence-electron chi connectivity index (χ1n) is 7.88. The lowest BCUT2D eigenvalue weighted by Crippen LogP contribution is -2.38. The first-order valence-corrected chi connectivity index (χ1v) is 8.26. The zero-order valence-electron chi connectivity index (χ0n) is 13.0. The summed E-state index contributed by atoms with van der Waals surface area (Å²) in [5.41, 5.74) is 0.867. The van der Waals surface area contributed by atoms with Gasteiger partial charge in [0.1, 0.15) is 17.5 Å². The zero-order chi connectivity index (χ0) is 15.9. The largest absolute Gasteiger partial charge is 0.491 e. The lowest BCUT2D eigenvalue weighted by atomic mass is 10.2. The number of hydrogen-bond acceptors (Lipinski definition) is 5. The molecule has 0 radical (unpaired) electrons. The molecule has 2 heterocycles. The van der Waals surface area contributed by atoms with Gasteiger partial charge in [0.2, 0.25) is 0 Å². The highest BCUT2D eigenvalue weighted by atomic mass is 35.5. The van der Waals surface area contributed by atoms with E-state index in [1.54, 1.807) is 6.07 Å². The van der Waals surface area contributed by atoms with Crippen molar-refractivity contribution >= 4 is 22.5 Å². The summed E-state index contributed by atoms with van der Waals surface area (Å²) in [6.07, 6.45) is 0. The van der Waals surface area contributed by atoms with Gasteiger partial charge in [0.25, 0.3) is 0 Å². The third kappa shape index (κ3) is 5.04. The van der Waals surface area contributed by atoms with Gasteiger partial charge in [0.05, 0.1) is 31.9 Å². The summed E-state index contributed by atoms with van der Waals surface area (Å²) in [6, 6.07) is 9.50. The Morgan fingerprint density at radius 2 is 1.96 bits per heavy atom. The van der Waals surface area contributed by atoms with Gasteiger partial charge in [-0.15, -0.1) is 0 Å². The van der Waals surface area contributed by atoms with Crippen molar-refractivity contribution in [1.82, 2.24) is 9.88 Å². The van der Waals surface area contributed by atoms with Gasteiger partial charge in [0, 0.05) is 25.0 Å². The highest BCUT2D eigenvalue weighted by Crippen LogP contribution is 2.21. The van der Waals surface area contributed by atoms with Crippen LogP contribution in [0.1, 0.15) is 0 Å². The van der Waals surface area contributed by atoms with E-state index in [4.69, 9.17) is 25.8 Å². The summed E-state index contributed by atoms with van der Waals surface area (Å²) in [7, 11) is 0. The van der Waals surface area contributed by atoms with E-state index in [-0.39, 0.29) is 0 Å². The highest BCUT2D eigenvalue weighted by Gasteiger charge is 2.09. The molecule has 0 amide bonds. The van der Waals surface area contributed by atoms with Crippen molar-refractivity contribution in [2.24, 2.45) is 0 Å². The fraction of sp³-hybridized carbons (Fsp3) is 0.471. The van der Waals surface area contributed by atoms with Crippen LogP contribution in [0.15, 0.2) is 30.3 Å². The molecular formula is C17H21ClN2O3. The van der Waals surface area contributed by atoms with Crippen LogP contribution in [0.2, 0.25) is 5.15 Å². The summed E-state index contributed by atoms with van der Waals surface area (Å²) >= 11 is 5.88. The maximum Gasteiger partial charge on any atom is 0.129 e. The molecule has 0 unspecified atom stereocenters. The quantitative estimate of drug-likeness (QED) is 0.574. The number of halogens is 1. The monoisotopic (exact) mass is 336 g/mol. The van der Waals surface area contributed by atoms with E-state index in [9.17, 15) is 0 Å². The van der Waals surface area contributed by atoms with Crippen molar-refractivity contribution in [1.29, 1.82) is 0 Å². The number of nitrogens with zero attached hydrogens (tertiary/aromatic N) is 2. The Labute approximate surface area is 141 Å². The van der Waals surface area contributed by atoms with E-state index < -0.39 is 0 Å². The molecule has 0 spiro atoms. The topological polar surface area (TPSA) is 43.8 Å². The van der Waals surface area contributed by atoms with Crippen LogP contribution in [0.3, 0.4) is 0 Å². The lowest BCUT2D eigenvalue weighted by Gasteiger charge is -2.26. The lowest BCUT2D eigenvalue weighted by molar-refractivity contribution is 0.0170. The van der Waals surface area contributed by atoms with E-state index in [0.29, 0.717) is 18.4 Å². The third-order valence-electron chi connectivity index (χ3n) is 3.78. The predicted molar refractivity (Wildman–Crippen MR) is 90.3 cm³/mol. The Bertz CT molecular complexity index is 632. The van der Waals surface area contributed by atoms with E-state index >= 15 is 0 Å². The van der Waals surface area contributed by atoms with Crippen molar-refractivity contribution in [2.45, 2.75) is 0 Å². The van der Waals surface area contributed by atoms with Crippen molar-refractivity contribution in [2.75, 3.05) is 52.7 Å². The van der Waals surface area contributed by atoms with Crippen molar-refractivity contribution in [3.8, 4) is 5.75 Å². The minimum atomic E-state index is 0.500. The molecule has 124 valence electrons. The Morgan fingerprint density at radius 1 is 1.09 bits per heavy atom. The van der Waals surface area contributed by atoms with E-state index in [2.05, 4.69) is 9.88 Å². The first kappa shape index (κ1) is 16.5. The van der Waals surface area contributed by atoms with E-state index in [1.165, 1.54) is 0 Å². The van der Waals surface area contributed by atoms with Gasteiger partial charge in [-0.05, 0) is 30.3 Å². The normalized spacial score (nSPS) is 15.9. The fourth-order valence-electron chi connectivity index (χ4n) is 2.51. The predicted octanol–water partition coefficient (Wildman–Crippen LogP) is 2.62. The van der Waals surface area contributed by atoms with Crippen LogP contribution in [0, 0.1) is 0 Å². The van der Waals surface area contributed by atoms with Gasteiger partial charge in [-0.25, -0.2) is 4.98 Å². The molecule has 3 rings (SSSR count). The molecule has 1 saturated heterocycles. The molecule has 1 aliphatic rings. The molecule has 0 N–H and O–H groups in total. The maximum absolute atomic E-state index is 5.88. The van der Waals surface area contributed by atoms with Crippen LogP contribution >= 0.6 is 11.6 Å². The van der Waals surface area contributed by atoms with E-state index in [1.807, 2.05) is 24.3 Å². The molecule has 1 aromatic heterocycles. The molecule has 6 heteroatoms. The van der Waals surface area contributed by atoms with Gasteiger partial charge < -0.3 is 14.2 Å². The molecule has 1 fully saturated rings. The summed E-state index contributed by atoms with van der Waals surface area (Å²) in [5.74, 6) is 0.818. The second-order valence-corrected chi connectivity index (χ2v) is 5.79. The first-order chi connectivity index (χ1) is 11.3. The van der Waals surface area contributed by atoms with E-state index in [0.717, 1.165) is 56.1 Å². The van der Waals surface area contributed by atoms with Crippen LogP contribution in [0.5, 0.6) is 5.75 Å². The molecule has 2 aromatic rings. The summed E-state index contributed by atoms with van der Waals surface area (Å²) in [6.45, 7) is 6.44. The summed E-state index contributed by atoms with van der Waals surface area (Å²) in [4.78, 5) is 6.61. The average molecular weight is 337 g/mol. The van der Waals surface area contributed by atoms with Gasteiger partial charge in [0.15, 0.2) is 0 Å². The van der Waals surface area contributed by atoms with Gasteiger partial charge in [-0.2, -0.15) is 0 Å². The molecule has 0 aliphatic carbocycles. The summed E-state index contributed by atoms with van der Waals surface area (Å²) in [5, 5.41) is 1.51. The Kier molecular flexibility index (Phi) is 6.05. The maximum atomic E-state index is 5.88. The minimum Gasteiger partial charge on any atom is -0.491 e. The molecule has 5 nitrogen and oxygen atoms in total. The van der Waals surface area contributed by atoms with Crippen molar-refractivity contribution < 1.29 is 14.2 Å². The van der Waals surface area contributed by atoms with Crippen LogP contribution in [-0.4, -0.2) is 62.6 Å². The smallest absolute Gasteiger partial charge is 0.129 e. The number of fused-ring (bicyclic) bond motifs is 1. The number of hydrogen-bond donors (Lipinski definition) is 0. The van der Waals surface area contributed by atoms with Gasteiger partial charge in [-0.3, -0.25) is 4.90 Å². The molecule has 0 atom stereocenters. The number of pyridine rings is 1. The second-order valence-electron chi connectivity index (χ2n) is 5.40. The number of benzene rings is 1. The van der Waals surface area contributed by atoms with Gasteiger partial charge in [-0.1, -0.05) is 11.6 Å². The SMILES string of the molecule is Clc1ccc2cc(OCCOCCN3CCOCC3)ccc2n1. The number of morpholine rings is 1. The minimum absolute atomic E-state index is 0.500. The Balaban J connectivity index is 1.36. The molecule has 23 heavy (non-hydrogen) atoms. The van der Waals surface area contributed by atoms with Crippen LogP contribution in [-0.2, 0) is 9.47 Å².